The molecule has 0 bridgehead atoms. The first-order valence-electron chi connectivity index (χ1n) is 12.1. The van der Waals surface area contributed by atoms with Gasteiger partial charge in [-0.1, -0.05) is 13.3 Å². The molecule has 0 radical (unpaired) electrons. The number of nitrogens with one attached hydrogen (secondary N) is 1. The summed E-state index contributed by atoms with van der Waals surface area (Å²) >= 11 is 0. The van der Waals surface area contributed by atoms with Crippen LogP contribution >= 0.6 is 0 Å². The van der Waals surface area contributed by atoms with Crippen molar-refractivity contribution in [3.63, 3.8) is 0 Å². The number of anilines is 1. The Balaban J connectivity index is 1.47. The number of halogens is 2. The lowest BCUT2D eigenvalue weighted by atomic mass is 9.65. The van der Waals surface area contributed by atoms with Gasteiger partial charge in [-0.05, 0) is 50.8 Å². The van der Waals surface area contributed by atoms with Crippen LogP contribution in [0, 0.1) is 6.92 Å². The molecule has 0 aromatic carbocycles. The molecule has 2 aliphatic rings. The number of aryl methyl sites for hydroxylation is 1. The van der Waals surface area contributed by atoms with Gasteiger partial charge in [-0.3, -0.25) is 0 Å². The summed E-state index contributed by atoms with van der Waals surface area (Å²) in [4.78, 5) is 13.3. The fourth-order valence-corrected chi connectivity index (χ4v) is 4.96. The van der Waals surface area contributed by atoms with Crippen LogP contribution in [0.3, 0.4) is 0 Å². The van der Waals surface area contributed by atoms with Crippen molar-refractivity contribution < 1.29 is 13.5 Å². The van der Waals surface area contributed by atoms with E-state index in [4.69, 9.17) is 16.3 Å². The quantitative estimate of drug-likeness (QED) is 0.376. The van der Waals surface area contributed by atoms with Crippen LogP contribution in [-0.2, 0) is 5.41 Å². The minimum absolute atomic E-state index is 0.217. The smallest absolute Gasteiger partial charge is 0.250 e. The summed E-state index contributed by atoms with van der Waals surface area (Å²) in [7, 11) is 1.69. The van der Waals surface area contributed by atoms with E-state index >= 15 is 0 Å². The normalized spacial score (nSPS) is 19.9. The second-order valence-corrected chi connectivity index (χ2v) is 10.0. The fourth-order valence-electron chi connectivity index (χ4n) is 4.96. The van der Waals surface area contributed by atoms with Gasteiger partial charge in [0.2, 0.25) is 11.9 Å². The van der Waals surface area contributed by atoms with E-state index in [0.717, 1.165) is 24.3 Å². The number of ether oxygens (including phenoxy) is 1. The average molecular weight is 488 g/mol. The Labute approximate surface area is 205 Å². The number of hydrazine groups is 1. The number of nitrogens with zero attached hydrogens (tertiary/aromatic N) is 4. The first kappa shape index (κ1) is 25.1. The summed E-state index contributed by atoms with van der Waals surface area (Å²) < 4.78 is 33.1. The Morgan fingerprint density at radius 2 is 1.89 bits per heavy atom. The monoisotopic (exact) mass is 487 g/mol. The second-order valence-electron chi connectivity index (χ2n) is 10.0. The van der Waals surface area contributed by atoms with Gasteiger partial charge in [0.05, 0.1) is 41.1 Å². The third-order valence-electron chi connectivity index (χ3n) is 6.88. The van der Waals surface area contributed by atoms with Crippen molar-refractivity contribution in [3.05, 3.63) is 47.2 Å². The summed E-state index contributed by atoms with van der Waals surface area (Å²) in [6.07, 6.45) is 7.18. The number of alkyl halides is 2. The summed E-state index contributed by atoms with van der Waals surface area (Å²) in [5.41, 5.74) is 8.75. The first-order chi connectivity index (χ1) is 16.6. The number of aromatic nitrogens is 3. The van der Waals surface area contributed by atoms with Crippen molar-refractivity contribution in [2.75, 3.05) is 18.9 Å². The molecule has 0 spiro atoms. The third kappa shape index (κ3) is 5.80. The van der Waals surface area contributed by atoms with E-state index in [1.54, 1.807) is 26.2 Å². The molecule has 2 aliphatic carbocycles. The molecule has 2 fully saturated rings. The van der Waals surface area contributed by atoms with E-state index in [1.165, 1.54) is 24.3 Å². The molecule has 0 unspecified atom stereocenters. The Morgan fingerprint density at radius 3 is 2.51 bits per heavy atom. The zero-order chi connectivity index (χ0) is 25.2. The van der Waals surface area contributed by atoms with Crippen molar-refractivity contribution in [1.82, 2.24) is 20.0 Å². The SMILES string of the molecule is Cc1nc(/C(N)=C(\CNc2nccc(C3(C)CC(F)(F)C3)n2)N(C)N)ccc1OC1CCCCC1. The van der Waals surface area contributed by atoms with Crippen molar-refractivity contribution in [1.29, 1.82) is 0 Å². The lowest BCUT2D eigenvalue weighted by Gasteiger charge is -2.44. The molecule has 0 atom stereocenters. The molecule has 0 amide bonds. The molecule has 0 saturated heterocycles. The highest BCUT2D eigenvalue weighted by Crippen LogP contribution is 2.52. The van der Waals surface area contributed by atoms with Crippen LogP contribution in [0.5, 0.6) is 5.75 Å². The summed E-state index contributed by atoms with van der Waals surface area (Å²) in [5.74, 6) is 4.53. The lowest BCUT2D eigenvalue weighted by molar-refractivity contribution is -0.122. The minimum Gasteiger partial charge on any atom is -0.489 e. The maximum absolute atomic E-state index is 13.5. The maximum atomic E-state index is 13.5. The summed E-state index contributed by atoms with van der Waals surface area (Å²) in [5, 5.41) is 4.54. The van der Waals surface area contributed by atoms with Crippen molar-refractivity contribution in [2.45, 2.75) is 76.2 Å². The van der Waals surface area contributed by atoms with Gasteiger partial charge >= 0.3 is 0 Å². The summed E-state index contributed by atoms with van der Waals surface area (Å²) in [6, 6.07) is 5.42. The highest BCUT2D eigenvalue weighted by atomic mass is 19.3. The molecule has 0 aliphatic heterocycles. The predicted molar refractivity (Wildman–Crippen MR) is 132 cm³/mol. The van der Waals surface area contributed by atoms with Gasteiger partial charge in [0.1, 0.15) is 5.75 Å². The summed E-state index contributed by atoms with van der Waals surface area (Å²) in [6.45, 7) is 3.93. The number of rotatable bonds is 8. The van der Waals surface area contributed by atoms with E-state index in [-0.39, 0.29) is 25.5 Å². The zero-order valence-corrected chi connectivity index (χ0v) is 20.7. The molecule has 2 saturated carbocycles. The Hall–Kier alpha value is -3.01. The molecule has 35 heavy (non-hydrogen) atoms. The van der Waals surface area contributed by atoms with E-state index in [1.807, 2.05) is 19.1 Å². The van der Waals surface area contributed by atoms with Crippen LogP contribution in [0.15, 0.2) is 30.1 Å². The van der Waals surface area contributed by atoms with Crippen LogP contribution < -0.4 is 21.6 Å². The average Bonchev–Trinajstić information content (AvgIpc) is 2.80. The predicted octanol–water partition coefficient (Wildman–Crippen LogP) is 4.12. The lowest BCUT2D eigenvalue weighted by Crippen LogP contribution is -2.47. The van der Waals surface area contributed by atoms with Crippen LogP contribution in [-0.4, -0.2) is 45.6 Å². The van der Waals surface area contributed by atoms with Gasteiger partial charge in [-0.25, -0.2) is 29.6 Å². The number of hydrogen-bond acceptors (Lipinski definition) is 8. The fraction of sp³-hybridized carbons (Fsp3) is 0.560. The molecule has 2 heterocycles. The van der Waals surface area contributed by atoms with Crippen LogP contribution in [0.25, 0.3) is 5.70 Å². The van der Waals surface area contributed by atoms with E-state index in [9.17, 15) is 8.78 Å². The number of pyridine rings is 1. The van der Waals surface area contributed by atoms with E-state index < -0.39 is 11.3 Å². The Kier molecular flexibility index (Phi) is 7.12. The van der Waals surface area contributed by atoms with Gasteiger partial charge in [-0.15, -0.1) is 0 Å². The number of hydrogen-bond donors (Lipinski definition) is 3. The highest BCUT2D eigenvalue weighted by molar-refractivity contribution is 5.64. The third-order valence-corrected chi connectivity index (χ3v) is 6.88. The second kappa shape index (κ2) is 9.93. The molecule has 2 aromatic heterocycles. The Morgan fingerprint density at radius 1 is 1.17 bits per heavy atom. The number of likely N-dealkylation sites (N-methyl/N-ethyl adjacent to an activating group) is 1. The van der Waals surface area contributed by atoms with Crippen molar-refractivity contribution in [3.8, 4) is 5.75 Å². The molecule has 8 nitrogen and oxygen atoms in total. The van der Waals surface area contributed by atoms with Gasteiger partial charge in [-0.2, -0.15) is 0 Å². The molecule has 5 N–H and O–H groups in total. The van der Waals surface area contributed by atoms with Gasteiger partial charge in [0.25, 0.3) is 0 Å². The van der Waals surface area contributed by atoms with Crippen LogP contribution in [0.4, 0.5) is 14.7 Å². The first-order valence-corrected chi connectivity index (χ1v) is 12.1. The Bertz CT molecular complexity index is 1080. The molecule has 10 heteroatoms. The highest BCUT2D eigenvalue weighted by Gasteiger charge is 2.55. The molecular formula is C25H35F2N7O. The van der Waals surface area contributed by atoms with Crippen LogP contribution in [0.2, 0.25) is 0 Å². The molecule has 190 valence electrons. The van der Waals surface area contributed by atoms with Gasteiger partial charge in [0.15, 0.2) is 0 Å². The zero-order valence-electron chi connectivity index (χ0n) is 20.7. The topological polar surface area (TPSA) is 115 Å². The van der Waals surface area contributed by atoms with Crippen molar-refractivity contribution >= 4 is 11.6 Å². The molecular weight excluding hydrogens is 452 g/mol. The number of nitrogens with two attached hydrogens (primary N) is 2. The van der Waals surface area contributed by atoms with Gasteiger partial charge < -0.3 is 20.8 Å². The van der Waals surface area contributed by atoms with Crippen molar-refractivity contribution in [2.24, 2.45) is 11.6 Å². The standard InChI is InChI=1S/C25H35F2N7O/c1-16-20(35-17-7-5-4-6-8-17)10-9-18(32-16)22(28)19(34(3)29)13-31-23-30-12-11-21(33-23)24(2)14-25(26,27)15-24/h9-12,17H,4-8,13-15,28-29H2,1-3H3,(H,30,31,33)/b22-19-. The van der Waals surface area contributed by atoms with Crippen LogP contribution in [0.1, 0.15) is 69.0 Å². The van der Waals surface area contributed by atoms with Gasteiger partial charge in [0, 0.05) is 31.5 Å². The maximum Gasteiger partial charge on any atom is 0.250 e. The largest absolute Gasteiger partial charge is 0.489 e. The molecule has 2 aromatic rings. The van der Waals surface area contributed by atoms with E-state index in [2.05, 4.69) is 20.3 Å². The molecule has 4 rings (SSSR count). The minimum atomic E-state index is -2.64. The van der Waals surface area contributed by atoms with E-state index in [0.29, 0.717) is 28.7 Å².